The minimum absolute atomic E-state index is 0.0301. The number of carbonyl (C=O) groups excluding carboxylic acids is 1. The molecule has 2 unspecified atom stereocenters. The third kappa shape index (κ3) is 6.80. The second kappa shape index (κ2) is 14.5. The number of nitrogens with zero attached hydrogens (tertiary/aromatic N) is 4. The Morgan fingerprint density at radius 2 is 1.84 bits per heavy atom. The SMILES string of the molecule is COc1c(CN2CCCC(C(=O)O)C2)cc(Cl)c(OC2CCc3c(-c4cccc(NC(=O)c5nc6c(n5C)CCN(C)C6)c4Cl)cccc32)c1F. The minimum Gasteiger partial charge on any atom is -0.493 e. The van der Waals surface area contributed by atoms with Gasteiger partial charge in [0, 0.05) is 56.5 Å². The Kier molecular flexibility index (Phi) is 9.99. The fraction of sp³-hybridized carbons (Fsp3) is 0.395. The predicted molar refractivity (Wildman–Crippen MR) is 193 cm³/mol. The molecule has 2 N–H and O–H groups in total. The van der Waals surface area contributed by atoms with E-state index in [4.69, 9.17) is 32.7 Å². The number of hydrogen-bond acceptors (Lipinski definition) is 7. The van der Waals surface area contributed by atoms with Crippen LogP contribution in [0, 0.1) is 11.7 Å². The Hall–Kier alpha value is -4.16. The Morgan fingerprint density at radius 1 is 1.06 bits per heavy atom. The van der Waals surface area contributed by atoms with Crippen LogP contribution in [0.2, 0.25) is 10.0 Å². The molecule has 0 saturated carbocycles. The number of likely N-dealkylation sites (tertiary alicyclic amines) is 1. The van der Waals surface area contributed by atoms with E-state index in [-0.39, 0.29) is 22.4 Å². The molecule has 13 heteroatoms. The van der Waals surface area contributed by atoms with E-state index in [0.29, 0.717) is 67.5 Å². The number of likely N-dealkylation sites (N-methyl/N-ethyl adjacent to an activating group) is 1. The number of methoxy groups -OCH3 is 1. The van der Waals surface area contributed by atoms with E-state index in [2.05, 4.69) is 15.2 Å². The van der Waals surface area contributed by atoms with Crippen LogP contribution in [0.4, 0.5) is 10.1 Å². The zero-order chi connectivity index (χ0) is 36.0. The first-order chi connectivity index (χ1) is 24.5. The number of carboxylic acids is 1. The van der Waals surface area contributed by atoms with Gasteiger partial charge in [-0.05, 0) is 68.1 Å². The third-order valence-electron chi connectivity index (χ3n) is 10.3. The molecular weight excluding hydrogens is 696 g/mol. The third-order valence-corrected chi connectivity index (χ3v) is 11.0. The number of rotatable bonds is 9. The van der Waals surface area contributed by atoms with Crippen molar-refractivity contribution in [1.82, 2.24) is 19.4 Å². The molecule has 2 aliphatic heterocycles. The summed E-state index contributed by atoms with van der Waals surface area (Å²) in [6.45, 7) is 2.99. The number of aliphatic carboxylic acids is 1. The number of halogens is 3. The lowest BCUT2D eigenvalue weighted by molar-refractivity contribution is -0.143. The van der Waals surface area contributed by atoms with E-state index in [0.717, 1.165) is 53.0 Å². The summed E-state index contributed by atoms with van der Waals surface area (Å²) >= 11 is 13.7. The zero-order valence-corrected chi connectivity index (χ0v) is 30.3. The summed E-state index contributed by atoms with van der Waals surface area (Å²) in [5.41, 5.74) is 6.56. The van der Waals surface area contributed by atoms with Crippen LogP contribution in [0.15, 0.2) is 42.5 Å². The zero-order valence-electron chi connectivity index (χ0n) is 28.8. The normalized spacial score (nSPS) is 19.0. The highest BCUT2D eigenvalue weighted by atomic mass is 35.5. The lowest BCUT2D eigenvalue weighted by Crippen LogP contribution is -2.38. The number of fused-ring (bicyclic) bond motifs is 2. The largest absolute Gasteiger partial charge is 0.493 e. The van der Waals surface area contributed by atoms with Crippen molar-refractivity contribution in [2.75, 3.05) is 39.1 Å². The molecule has 0 radical (unpaired) electrons. The smallest absolute Gasteiger partial charge is 0.307 e. The summed E-state index contributed by atoms with van der Waals surface area (Å²) in [4.78, 5) is 33.8. The number of piperidine rings is 1. The highest BCUT2D eigenvalue weighted by Crippen LogP contribution is 2.46. The van der Waals surface area contributed by atoms with E-state index in [1.54, 1.807) is 12.1 Å². The van der Waals surface area contributed by atoms with E-state index in [1.165, 1.54) is 7.11 Å². The summed E-state index contributed by atoms with van der Waals surface area (Å²) in [7, 11) is 5.31. The monoisotopic (exact) mass is 735 g/mol. The van der Waals surface area contributed by atoms with Gasteiger partial charge in [-0.2, -0.15) is 4.39 Å². The molecule has 3 aromatic carbocycles. The first kappa shape index (κ1) is 35.3. The maximum atomic E-state index is 16.1. The van der Waals surface area contributed by atoms with Crippen molar-refractivity contribution >= 4 is 40.8 Å². The molecule has 0 bridgehead atoms. The molecular formula is C38H40Cl2FN5O5. The average molecular weight is 737 g/mol. The fourth-order valence-corrected chi connectivity index (χ4v) is 8.27. The number of hydrogen-bond donors (Lipinski definition) is 2. The highest BCUT2D eigenvalue weighted by Gasteiger charge is 2.32. The lowest BCUT2D eigenvalue weighted by atomic mass is 9.96. The molecule has 3 heterocycles. The number of nitrogens with one attached hydrogen (secondary N) is 1. The molecule has 2 atom stereocenters. The van der Waals surface area contributed by atoms with Crippen LogP contribution in [0.3, 0.4) is 0 Å². The van der Waals surface area contributed by atoms with E-state index >= 15 is 4.39 Å². The molecule has 1 aromatic heterocycles. The first-order valence-corrected chi connectivity index (χ1v) is 17.9. The van der Waals surface area contributed by atoms with Gasteiger partial charge in [0.2, 0.25) is 5.82 Å². The molecule has 7 rings (SSSR count). The molecule has 0 spiro atoms. The highest BCUT2D eigenvalue weighted by molar-refractivity contribution is 6.36. The molecule has 4 aromatic rings. The molecule has 1 aliphatic carbocycles. The van der Waals surface area contributed by atoms with Crippen LogP contribution in [0.5, 0.6) is 11.5 Å². The topological polar surface area (TPSA) is 109 Å². The summed E-state index contributed by atoms with van der Waals surface area (Å²) in [5, 5.41) is 13.0. The van der Waals surface area contributed by atoms with Gasteiger partial charge < -0.3 is 29.4 Å². The molecule has 1 fully saturated rings. The number of anilines is 1. The number of carbonyl (C=O) groups is 2. The number of benzene rings is 3. The van der Waals surface area contributed by atoms with Crippen LogP contribution in [-0.2, 0) is 37.8 Å². The predicted octanol–water partition coefficient (Wildman–Crippen LogP) is 7.14. The summed E-state index contributed by atoms with van der Waals surface area (Å²) in [6, 6.07) is 13.0. The molecule has 3 aliphatic rings. The van der Waals surface area contributed by atoms with Gasteiger partial charge in [0.25, 0.3) is 5.91 Å². The number of ether oxygens (including phenoxy) is 2. The van der Waals surface area contributed by atoms with Crippen LogP contribution < -0.4 is 14.8 Å². The summed E-state index contributed by atoms with van der Waals surface area (Å²) < 4.78 is 29.7. The van der Waals surface area contributed by atoms with Gasteiger partial charge in [-0.15, -0.1) is 0 Å². The van der Waals surface area contributed by atoms with Gasteiger partial charge in [-0.1, -0.05) is 53.5 Å². The molecule has 51 heavy (non-hydrogen) atoms. The second-order valence-electron chi connectivity index (χ2n) is 13.6. The van der Waals surface area contributed by atoms with Crippen LogP contribution in [0.1, 0.15) is 64.1 Å². The van der Waals surface area contributed by atoms with E-state index in [1.807, 2.05) is 53.9 Å². The van der Waals surface area contributed by atoms with Crippen molar-refractivity contribution in [2.24, 2.45) is 13.0 Å². The molecule has 1 saturated heterocycles. The molecule has 10 nitrogen and oxygen atoms in total. The summed E-state index contributed by atoms with van der Waals surface area (Å²) in [6.07, 6.45) is 2.96. The summed E-state index contributed by atoms with van der Waals surface area (Å²) in [5.74, 6) is -2.03. The van der Waals surface area contributed by atoms with Crippen molar-refractivity contribution in [3.63, 3.8) is 0 Å². The van der Waals surface area contributed by atoms with Crippen molar-refractivity contribution < 1.29 is 28.6 Å². The molecule has 268 valence electrons. The quantitative estimate of drug-likeness (QED) is 0.187. The van der Waals surface area contributed by atoms with Crippen LogP contribution >= 0.6 is 23.2 Å². The minimum atomic E-state index is -0.826. The van der Waals surface area contributed by atoms with E-state index < -0.39 is 23.8 Å². The Balaban J connectivity index is 1.12. The number of amides is 1. The van der Waals surface area contributed by atoms with Gasteiger partial charge in [-0.25, -0.2) is 4.98 Å². The number of aromatic nitrogens is 2. The van der Waals surface area contributed by atoms with E-state index in [9.17, 15) is 14.7 Å². The van der Waals surface area contributed by atoms with Crippen LogP contribution in [0.25, 0.3) is 11.1 Å². The Labute approximate surface area is 306 Å². The fourth-order valence-electron chi connectivity index (χ4n) is 7.73. The maximum Gasteiger partial charge on any atom is 0.307 e. The van der Waals surface area contributed by atoms with Gasteiger partial charge >= 0.3 is 5.97 Å². The van der Waals surface area contributed by atoms with Crippen molar-refractivity contribution in [2.45, 2.75) is 51.3 Å². The second-order valence-corrected chi connectivity index (χ2v) is 14.4. The van der Waals surface area contributed by atoms with Crippen LogP contribution in [-0.4, -0.2) is 70.1 Å². The number of imidazole rings is 1. The van der Waals surface area contributed by atoms with Gasteiger partial charge in [0.1, 0.15) is 6.10 Å². The van der Waals surface area contributed by atoms with Crippen molar-refractivity contribution in [3.05, 3.63) is 92.2 Å². The van der Waals surface area contributed by atoms with Gasteiger partial charge in [0.05, 0.1) is 34.5 Å². The maximum absolute atomic E-state index is 16.1. The van der Waals surface area contributed by atoms with Gasteiger partial charge in [-0.3, -0.25) is 14.5 Å². The average Bonchev–Trinajstić information content (AvgIpc) is 3.67. The van der Waals surface area contributed by atoms with Gasteiger partial charge in [0.15, 0.2) is 17.3 Å². The van der Waals surface area contributed by atoms with Crippen molar-refractivity contribution in [3.8, 4) is 22.6 Å². The lowest BCUT2D eigenvalue weighted by Gasteiger charge is -2.31. The number of carboxylic acid groups (broad SMARTS) is 1. The van der Waals surface area contributed by atoms with Crippen molar-refractivity contribution in [1.29, 1.82) is 0 Å². The molecule has 1 amide bonds. The Morgan fingerprint density at radius 3 is 2.63 bits per heavy atom. The first-order valence-electron chi connectivity index (χ1n) is 17.2. The standard InChI is InChI=1S/C38H40Cl2FN5O5/c1-44-16-14-30-29(20-44)42-36(45(30)2)37(47)43-28-11-5-10-26(32(28)40)23-8-4-9-25-24(23)12-13-31(25)51-35-27(39)17-22(34(50-3)33(35)41)19-46-15-6-7-21(18-46)38(48)49/h4-5,8-11,17,21,31H,6-7,12-16,18-20H2,1-3H3,(H,43,47)(H,48,49). The Bertz CT molecular complexity index is 2020.